The summed E-state index contributed by atoms with van der Waals surface area (Å²) < 4.78 is 4.89. The first kappa shape index (κ1) is 17.8. The molecule has 0 fully saturated rings. The number of para-hydroxylation sites is 1. The number of halogens is 2. The number of nitrogens with one attached hydrogen (secondary N) is 1. The molecular formula is C14H18Cl2N2O3. The van der Waals surface area contributed by atoms with Crippen molar-refractivity contribution < 1.29 is 14.3 Å². The number of rotatable bonds is 7. The molecule has 116 valence electrons. The van der Waals surface area contributed by atoms with Crippen molar-refractivity contribution in [3.63, 3.8) is 0 Å². The van der Waals surface area contributed by atoms with Gasteiger partial charge in [-0.15, -0.1) is 0 Å². The van der Waals surface area contributed by atoms with Crippen LogP contribution in [0.25, 0.3) is 0 Å². The predicted octanol–water partition coefficient (Wildman–Crippen LogP) is 2.50. The quantitative estimate of drug-likeness (QED) is 0.780. The lowest BCUT2D eigenvalue weighted by atomic mass is 10.2. The van der Waals surface area contributed by atoms with Gasteiger partial charge >= 0.3 is 0 Å². The molecule has 1 aromatic rings. The molecule has 0 radical (unpaired) electrons. The maximum absolute atomic E-state index is 11.9. The molecule has 0 unspecified atom stereocenters. The second-order valence-electron chi connectivity index (χ2n) is 4.37. The van der Waals surface area contributed by atoms with Crippen LogP contribution in [0.15, 0.2) is 18.2 Å². The van der Waals surface area contributed by atoms with E-state index in [4.69, 9.17) is 27.9 Å². The Balaban J connectivity index is 2.75. The Labute approximate surface area is 134 Å². The first-order chi connectivity index (χ1) is 9.97. The number of hydrogen-bond donors (Lipinski definition) is 1. The lowest BCUT2D eigenvalue weighted by Gasteiger charge is -2.22. The molecule has 0 aliphatic carbocycles. The summed E-state index contributed by atoms with van der Waals surface area (Å²) >= 11 is 12.1. The Kier molecular flexibility index (Phi) is 7.50. The highest BCUT2D eigenvalue weighted by atomic mass is 35.5. The first-order valence-corrected chi connectivity index (χ1v) is 7.20. The average molecular weight is 333 g/mol. The minimum atomic E-state index is -0.308. The highest BCUT2D eigenvalue weighted by Gasteiger charge is 2.20. The van der Waals surface area contributed by atoms with Crippen molar-refractivity contribution in [2.24, 2.45) is 0 Å². The third kappa shape index (κ3) is 5.53. The van der Waals surface area contributed by atoms with Crippen molar-refractivity contribution >= 4 is 40.7 Å². The Bertz CT molecular complexity index is 489. The van der Waals surface area contributed by atoms with Gasteiger partial charge in [0.25, 0.3) is 0 Å². The van der Waals surface area contributed by atoms with E-state index in [0.29, 0.717) is 35.3 Å². The molecule has 2 amide bonds. The summed E-state index contributed by atoms with van der Waals surface area (Å²) in [5.41, 5.74) is 0.348. The van der Waals surface area contributed by atoms with E-state index in [-0.39, 0.29) is 18.4 Å². The van der Waals surface area contributed by atoms with Crippen LogP contribution in [-0.2, 0) is 14.3 Å². The molecule has 5 nitrogen and oxygen atoms in total. The second-order valence-corrected chi connectivity index (χ2v) is 5.19. The van der Waals surface area contributed by atoms with E-state index in [1.54, 1.807) is 25.3 Å². The zero-order chi connectivity index (χ0) is 15.8. The molecular weight excluding hydrogens is 315 g/mol. The summed E-state index contributed by atoms with van der Waals surface area (Å²) in [7, 11) is 1.60. The SMILES string of the molecule is COCCCNC(=O)CN(C(C)=O)c1c(Cl)cccc1Cl. The van der Waals surface area contributed by atoms with Gasteiger partial charge in [0.15, 0.2) is 0 Å². The van der Waals surface area contributed by atoms with Gasteiger partial charge in [-0.3, -0.25) is 9.59 Å². The molecule has 1 N–H and O–H groups in total. The van der Waals surface area contributed by atoms with Crippen LogP contribution in [-0.4, -0.2) is 38.6 Å². The highest BCUT2D eigenvalue weighted by Crippen LogP contribution is 2.33. The predicted molar refractivity (Wildman–Crippen MR) is 84.0 cm³/mol. The Morgan fingerprint density at radius 2 is 1.90 bits per heavy atom. The Hall–Kier alpha value is -1.30. The van der Waals surface area contributed by atoms with Crippen molar-refractivity contribution in [3.8, 4) is 0 Å². The molecule has 0 atom stereocenters. The van der Waals surface area contributed by atoms with Crippen LogP contribution in [0.4, 0.5) is 5.69 Å². The molecule has 0 saturated carbocycles. The van der Waals surface area contributed by atoms with Crippen LogP contribution in [0.2, 0.25) is 10.0 Å². The number of amides is 2. The van der Waals surface area contributed by atoms with Crippen molar-refractivity contribution in [2.75, 3.05) is 31.7 Å². The largest absolute Gasteiger partial charge is 0.385 e. The lowest BCUT2D eigenvalue weighted by Crippen LogP contribution is -2.40. The van der Waals surface area contributed by atoms with E-state index in [1.807, 2.05) is 0 Å². The normalized spacial score (nSPS) is 10.3. The standard InChI is InChI=1S/C14H18Cl2N2O3/c1-10(19)18(9-13(20)17-7-4-8-21-2)14-11(15)5-3-6-12(14)16/h3,5-6H,4,7-9H2,1-2H3,(H,17,20). The first-order valence-electron chi connectivity index (χ1n) is 6.45. The number of carbonyl (C=O) groups excluding carboxylic acids is 2. The van der Waals surface area contributed by atoms with Gasteiger partial charge in [0.2, 0.25) is 11.8 Å². The molecule has 0 saturated heterocycles. The minimum Gasteiger partial charge on any atom is -0.385 e. The Morgan fingerprint density at radius 3 is 2.43 bits per heavy atom. The van der Waals surface area contributed by atoms with Crippen molar-refractivity contribution in [1.82, 2.24) is 5.32 Å². The summed E-state index contributed by atoms with van der Waals surface area (Å²) in [6.45, 7) is 2.27. The number of nitrogens with zero attached hydrogens (tertiary/aromatic N) is 1. The lowest BCUT2D eigenvalue weighted by molar-refractivity contribution is -0.123. The number of anilines is 1. The number of hydrogen-bond acceptors (Lipinski definition) is 3. The zero-order valence-electron chi connectivity index (χ0n) is 12.0. The molecule has 0 aliphatic rings. The number of carbonyl (C=O) groups is 2. The second kappa shape index (κ2) is 8.87. The van der Waals surface area contributed by atoms with Crippen LogP contribution in [0.5, 0.6) is 0 Å². The molecule has 0 heterocycles. The van der Waals surface area contributed by atoms with E-state index in [2.05, 4.69) is 5.32 Å². The molecule has 0 spiro atoms. The van der Waals surface area contributed by atoms with Crippen LogP contribution in [0, 0.1) is 0 Å². The smallest absolute Gasteiger partial charge is 0.240 e. The van der Waals surface area contributed by atoms with Crippen LogP contribution in [0.1, 0.15) is 13.3 Å². The van der Waals surface area contributed by atoms with Crippen molar-refractivity contribution in [3.05, 3.63) is 28.2 Å². The third-order valence-electron chi connectivity index (χ3n) is 2.74. The van der Waals surface area contributed by atoms with Gasteiger partial charge in [-0.1, -0.05) is 29.3 Å². The fraction of sp³-hybridized carbons (Fsp3) is 0.429. The summed E-state index contributed by atoms with van der Waals surface area (Å²) in [6.07, 6.45) is 0.704. The molecule has 1 rings (SSSR count). The number of methoxy groups -OCH3 is 1. The minimum absolute atomic E-state index is 0.133. The van der Waals surface area contributed by atoms with E-state index in [1.165, 1.54) is 11.8 Å². The number of ether oxygens (including phenoxy) is 1. The van der Waals surface area contributed by atoms with Gasteiger partial charge in [-0.05, 0) is 18.6 Å². The Morgan fingerprint density at radius 1 is 1.29 bits per heavy atom. The summed E-state index contributed by atoms with van der Waals surface area (Å²) in [5.74, 6) is -0.589. The van der Waals surface area contributed by atoms with Crippen LogP contribution >= 0.6 is 23.2 Å². The average Bonchev–Trinajstić information content (AvgIpc) is 2.42. The summed E-state index contributed by atoms with van der Waals surface area (Å²) in [5, 5.41) is 3.36. The van der Waals surface area contributed by atoms with Crippen molar-refractivity contribution in [1.29, 1.82) is 0 Å². The molecule has 0 bridgehead atoms. The van der Waals surface area contributed by atoms with Gasteiger partial charge in [-0.2, -0.15) is 0 Å². The van der Waals surface area contributed by atoms with Gasteiger partial charge in [0.1, 0.15) is 6.54 Å². The molecule has 0 aliphatic heterocycles. The van der Waals surface area contributed by atoms with E-state index < -0.39 is 0 Å². The molecule has 1 aromatic carbocycles. The fourth-order valence-electron chi connectivity index (χ4n) is 1.74. The van der Waals surface area contributed by atoms with Crippen LogP contribution in [0.3, 0.4) is 0 Å². The summed E-state index contributed by atoms with van der Waals surface area (Å²) in [4.78, 5) is 24.9. The summed E-state index contributed by atoms with van der Waals surface area (Å²) in [6, 6.07) is 4.92. The maximum Gasteiger partial charge on any atom is 0.240 e. The van der Waals surface area contributed by atoms with Gasteiger partial charge in [0.05, 0.1) is 15.7 Å². The van der Waals surface area contributed by atoms with Gasteiger partial charge in [0, 0.05) is 27.2 Å². The number of benzene rings is 1. The molecule has 7 heteroatoms. The van der Waals surface area contributed by atoms with Crippen LogP contribution < -0.4 is 10.2 Å². The monoisotopic (exact) mass is 332 g/mol. The topological polar surface area (TPSA) is 58.6 Å². The van der Waals surface area contributed by atoms with E-state index in [0.717, 1.165) is 0 Å². The highest BCUT2D eigenvalue weighted by molar-refractivity contribution is 6.40. The maximum atomic E-state index is 11.9. The van der Waals surface area contributed by atoms with E-state index >= 15 is 0 Å². The third-order valence-corrected chi connectivity index (χ3v) is 3.35. The zero-order valence-corrected chi connectivity index (χ0v) is 13.5. The molecule has 21 heavy (non-hydrogen) atoms. The van der Waals surface area contributed by atoms with Gasteiger partial charge in [-0.25, -0.2) is 0 Å². The fourth-order valence-corrected chi connectivity index (χ4v) is 2.34. The molecule has 0 aromatic heterocycles. The van der Waals surface area contributed by atoms with Gasteiger partial charge < -0.3 is 15.0 Å². The van der Waals surface area contributed by atoms with E-state index in [9.17, 15) is 9.59 Å². The van der Waals surface area contributed by atoms with Crippen molar-refractivity contribution in [2.45, 2.75) is 13.3 Å².